The van der Waals surface area contributed by atoms with Crippen molar-refractivity contribution in [2.24, 2.45) is 0 Å². The Balaban J connectivity index is 3.31. The molecular weight excluding hydrogens is 144 g/mol. The highest BCUT2D eigenvalue weighted by Gasteiger charge is 1.99. The summed E-state index contributed by atoms with van der Waals surface area (Å²) < 4.78 is 4.56. The third kappa shape index (κ3) is 6.77. The molecule has 0 rings (SSSR count). The molecule has 0 aliphatic rings. The number of ketones is 1. The maximum atomic E-state index is 10.8. The Bertz CT molecular complexity index is 161. The van der Waals surface area contributed by atoms with Crippen LogP contribution in [0.1, 0.15) is 19.8 Å². The zero-order valence-corrected chi connectivity index (χ0v) is 6.63. The fourth-order valence-electron chi connectivity index (χ4n) is 0.572. The summed E-state index contributed by atoms with van der Waals surface area (Å²) in [5, 5.41) is 0. The number of esters is 1. The Morgan fingerprint density at radius 2 is 2.18 bits per heavy atom. The van der Waals surface area contributed by atoms with Gasteiger partial charge in [-0.25, -0.2) is 0 Å². The van der Waals surface area contributed by atoms with Gasteiger partial charge in [0, 0.05) is 19.8 Å². The zero-order chi connectivity index (χ0) is 8.69. The molecule has 0 aliphatic heterocycles. The van der Waals surface area contributed by atoms with E-state index in [4.69, 9.17) is 0 Å². The van der Waals surface area contributed by atoms with E-state index < -0.39 is 0 Å². The minimum absolute atomic E-state index is 0.0428. The van der Waals surface area contributed by atoms with Gasteiger partial charge in [-0.1, -0.05) is 6.08 Å². The third-order valence-corrected chi connectivity index (χ3v) is 1.06. The molecule has 0 aromatic heterocycles. The Kier molecular flexibility index (Phi) is 5.07. The summed E-state index contributed by atoms with van der Waals surface area (Å²) in [4.78, 5) is 21.0. The van der Waals surface area contributed by atoms with Crippen LogP contribution in [0.25, 0.3) is 0 Å². The molecule has 0 spiro atoms. The first-order valence-corrected chi connectivity index (χ1v) is 3.42. The van der Waals surface area contributed by atoms with Gasteiger partial charge in [-0.3, -0.25) is 9.59 Å². The minimum Gasteiger partial charge on any atom is -0.465 e. The van der Waals surface area contributed by atoms with Crippen LogP contribution in [-0.4, -0.2) is 18.4 Å². The lowest BCUT2D eigenvalue weighted by Crippen LogP contribution is -2.05. The Morgan fingerprint density at radius 3 is 2.64 bits per heavy atom. The van der Waals surface area contributed by atoms with Gasteiger partial charge in [0.2, 0.25) is 0 Å². The molecular formula is C8H12O3. The number of rotatable bonds is 5. The smallest absolute Gasteiger partial charge is 0.302 e. The topological polar surface area (TPSA) is 43.4 Å². The molecule has 0 atom stereocenters. The van der Waals surface area contributed by atoms with Crippen molar-refractivity contribution in [1.82, 2.24) is 0 Å². The molecule has 0 saturated carbocycles. The summed E-state index contributed by atoms with van der Waals surface area (Å²) in [6.45, 7) is 4.92. The lowest BCUT2D eigenvalue weighted by atomic mass is 10.2. The second kappa shape index (κ2) is 5.65. The molecule has 0 unspecified atom stereocenters. The Hall–Kier alpha value is -1.12. The maximum Gasteiger partial charge on any atom is 0.302 e. The van der Waals surface area contributed by atoms with E-state index in [0.717, 1.165) is 0 Å². The van der Waals surface area contributed by atoms with Gasteiger partial charge in [-0.05, 0) is 0 Å². The molecule has 0 aromatic rings. The predicted molar refractivity (Wildman–Crippen MR) is 41.1 cm³/mol. The van der Waals surface area contributed by atoms with E-state index in [0.29, 0.717) is 6.42 Å². The molecule has 0 N–H and O–H groups in total. The average Bonchev–Trinajstić information content (AvgIpc) is 1.87. The number of hydrogen-bond acceptors (Lipinski definition) is 3. The highest BCUT2D eigenvalue weighted by Crippen LogP contribution is 1.91. The summed E-state index contributed by atoms with van der Waals surface area (Å²) in [7, 11) is 0. The van der Waals surface area contributed by atoms with Crippen LogP contribution in [0, 0.1) is 0 Å². The van der Waals surface area contributed by atoms with E-state index in [1.165, 1.54) is 13.0 Å². The van der Waals surface area contributed by atoms with Crippen LogP contribution in [0.4, 0.5) is 0 Å². The minimum atomic E-state index is -0.351. The van der Waals surface area contributed by atoms with Crippen molar-refractivity contribution in [1.29, 1.82) is 0 Å². The maximum absolute atomic E-state index is 10.8. The molecule has 0 saturated heterocycles. The molecule has 0 radical (unpaired) electrons. The van der Waals surface area contributed by atoms with Crippen LogP contribution in [0.3, 0.4) is 0 Å². The summed E-state index contributed by atoms with van der Waals surface area (Å²) in [5.41, 5.74) is 0. The van der Waals surface area contributed by atoms with Gasteiger partial charge < -0.3 is 4.74 Å². The van der Waals surface area contributed by atoms with E-state index in [1.807, 2.05) is 0 Å². The van der Waals surface area contributed by atoms with E-state index in [-0.39, 0.29) is 24.8 Å². The molecule has 0 amide bonds. The standard InChI is InChI=1S/C8H12O3/c1-3-4-8(10)5-6-11-7(2)9/h3H,1,4-6H2,2H3. The van der Waals surface area contributed by atoms with E-state index >= 15 is 0 Å². The summed E-state index contributed by atoms with van der Waals surface area (Å²) in [6.07, 6.45) is 2.17. The summed E-state index contributed by atoms with van der Waals surface area (Å²) >= 11 is 0. The van der Waals surface area contributed by atoms with Crippen molar-refractivity contribution in [3.8, 4) is 0 Å². The average molecular weight is 156 g/mol. The van der Waals surface area contributed by atoms with Gasteiger partial charge in [0.15, 0.2) is 0 Å². The van der Waals surface area contributed by atoms with Gasteiger partial charge in [0.1, 0.15) is 5.78 Å². The fraction of sp³-hybridized carbons (Fsp3) is 0.500. The van der Waals surface area contributed by atoms with Gasteiger partial charge in [0.05, 0.1) is 6.61 Å². The second-order valence-electron chi connectivity index (χ2n) is 2.12. The van der Waals surface area contributed by atoms with Crippen molar-refractivity contribution in [2.75, 3.05) is 6.61 Å². The number of carbonyl (C=O) groups is 2. The number of carbonyl (C=O) groups excluding carboxylic acids is 2. The van der Waals surface area contributed by atoms with Crippen LogP contribution < -0.4 is 0 Å². The van der Waals surface area contributed by atoms with Crippen LogP contribution >= 0.6 is 0 Å². The summed E-state index contributed by atoms with van der Waals surface area (Å²) in [6, 6.07) is 0. The van der Waals surface area contributed by atoms with E-state index in [2.05, 4.69) is 11.3 Å². The van der Waals surface area contributed by atoms with Gasteiger partial charge in [0.25, 0.3) is 0 Å². The quantitative estimate of drug-likeness (QED) is 0.442. The normalized spacial score (nSPS) is 8.82. The fourth-order valence-corrected chi connectivity index (χ4v) is 0.572. The molecule has 0 aromatic carbocycles. The molecule has 0 aliphatic carbocycles. The molecule has 0 heterocycles. The van der Waals surface area contributed by atoms with Crippen molar-refractivity contribution in [3.63, 3.8) is 0 Å². The molecule has 0 fully saturated rings. The number of allylic oxidation sites excluding steroid dienone is 1. The Morgan fingerprint density at radius 1 is 1.55 bits per heavy atom. The summed E-state index contributed by atoms with van der Waals surface area (Å²) in [5.74, 6) is -0.308. The SMILES string of the molecule is C=CCC(=O)CCOC(C)=O. The first-order chi connectivity index (χ1) is 5.16. The van der Waals surface area contributed by atoms with Crippen molar-refractivity contribution < 1.29 is 14.3 Å². The highest BCUT2D eigenvalue weighted by atomic mass is 16.5. The molecule has 3 heteroatoms. The predicted octanol–water partition coefficient (Wildman–Crippen LogP) is 1.08. The van der Waals surface area contributed by atoms with Gasteiger partial charge >= 0.3 is 5.97 Å². The monoisotopic (exact) mass is 156 g/mol. The zero-order valence-electron chi connectivity index (χ0n) is 6.63. The van der Waals surface area contributed by atoms with E-state index in [9.17, 15) is 9.59 Å². The molecule has 62 valence electrons. The number of hydrogen-bond donors (Lipinski definition) is 0. The van der Waals surface area contributed by atoms with Crippen LogP contribution in [-0.2, 0) is 14.3 Å². The highest BCUT2D eigenvalue weighted by molar-refractivity contribution is 5.80. The number of Topliss-reactive ketones (excluding diaryl/α,β-unsaturated/α-hetero) is 1. The molecule has 11 heavy (non-hydrogen) atoms. The molecule has 0 bridgehead atoms. The largest absolute Gasteiger partial charge is 0.465 e. The number of ether oxygens (including phenoxy) is 1. The van der Waals surface area contributed by atoms with Crippen LogP contribution in [0.5, 0.6) is 0 Å². The first-order valence-electron chi connectivity index (χ1n) is 3.42. The van der Waals surface area contributed by atoms with Gasteiger partial charge in [-0.15, -0.1) is 6.58 Å². The molecule has 3 nitrogen and oxygen atoms in total. The lowest BCUT2D eigenvalue weighted by Gasteiger charge is -1.98. The third-order valence-electron chi connectivity index (χ3n) is 1.06. The van der Waals surface area contributed by atoms with Gasteiger partial charge in [-0.2, -0.15) is 0 Å². The van der Waals surface area contributed by atoms with Crippen LogP contribution in [0.15, 0.2) is 12.7 Å². The van der Waals surface area contributed by atoms with E-state index in [1.54, 1.807) is 0 Å². The van der Waals surface area contributed by atoms with Crippen molar-refractivity contribution in [3.05, 3.63) is 12.7 Å². The Labute approximate surface area is 66.0 Å². The van der Waals surface area contributed by atoms with Crippen molar-refractivity contribution in [2.45, 2.75) is 19.8 Å². The van der Waals surface area contributed by atoms with Crippen LogP contribution in [0.2, 0.25) is 0 Å². The lowest BCUT2D eigenvalue weighted by molar-refractivity contribution is -0.141. The second-order valence-corrected chi connectivity index (χ2v) is 2.12. The first kappa shape index (κ1) is 9.88. The van der Waals surface area contributed by atoms with Crippen molar-refractivity contribution >= 4 is 11.8 Å².